The van der Waals surface area contributed by atoms with Crippen molar-refractivity contribution in [2.45, 2.75) is 0 Å². The molecule has 2 aromatic carbocycles. The van der Waals surface area contributed by atoms with Gasteiger partial charge in [-0.25, -0.2) is 0 Å². The lowest BCUT2D eigenvalue weighted by atomic mass is 10.3. The van der Waals surface area contributed by atoms with Crippen LogP contribution in [0.2, 0.25) is 5.02 Å². The fraction of sp³-hybridized carbons (Fsp3) is 0.0714. The van der Waals surface area contributed by atoms with Crippen LogP contribution in [0, 0.1) is 3.57 Å². The molecular formula is C14H11ClINO2. The highest BCUT2D eigenvalue weighted by molar-refractivity contribution is 14.1. The number of hydrogen-bond acceptors (Lipinski definition) is 2. The second kappa shape index (κ2) is 6.77. The van der Waals surface area contributed by atoms with E-state index >= 15 is 0 Å². The Hall–Kier alpha value is -1.27. The number of ether oxygens (including phenoxy) is 1. The van der Waals surface area contributed by atoms with E-state index in [-0.39, 0.29) is 12.5 Å². The van der Waals surface area contributed by atoms with Gasteiger partial charge in [-0.2, -0.15) is 0 Å². The molecule has 19 heavy (non-hydrogen) atoms. The Bertz CT molecular complexity index is 572. The fourth-order valence-corrected chi connectivity index (χ4v) is 1.98. The molecule has 0 saturated heterocycles. The summed E-state index contributed by atoms with van der Waals surface area (Å²) in [4.78, 5) is 11.7. The van der Waals surface area contributed by atoms with E-state index in [4.69, 9.17) is 16.3 Å². The van der Waals surface area contributed by atoms with E-state index in [0.717, 1.165) is 9.26 Å². The minimum absolute atomic E-state index is 0.0493. The second-order valence-electron chi connectivity index (χ2n) is 3.80. The smallest absolute Gasteiger partial charge is 0.262 e. The molecule has 0 fully saturated rings. The normalized spacial score (nSPS) is 10.0. The van der Waals surface area contributed by atoms with Crippen LogP contribution in [0.15, 0.2) is 48.5 Å². The van der Waals surface area contributed by atoms with Crippen LogP contribution in [-0.4, -0.2) is 12.5 Å². The Balaban J connectivity index is 1.86. The Labute approximate surface area is 130 Å². The number of amides is 1. The second-order valence-corrected chi connectivity index (χ2v) is 5.48. The average molecular weight is 388 g/mol. The molecule has 0 bridgehead atoms. The largest absolute Gasteiger partial charge is 0.484 e. The van der Waals surface area contributed by atoms with Crippen molar-refractivity contribution in [2.75, 3.05) is 11.9 Å². The van der Waals surface area contributed by atoms with Crippen molar-refractivity contribution >= 4 is 45.8 Å². The number of halogens is 2. The summed E-state index contributed by atoms with van der Waals surface area (Å²) in [6, 6.07) is 14.5. The molecule has 3 nitrogen and oxygen atoms in total. The predicted molar refractivity (Wildman–Crippen MR) is 84.7 cm³/mol. The van der Waals surface area contributed by atoms with Gasteiger partial charge in [0, 0.05) is 14.3 Å². The highest BCUT2D eigenvalue weighted by atomic mass is 127. The van der Waals surface area contributed by atoms with Crippen LogP contribution < -0.4 is 10.1 Å². The first-order valence-electron chi connectivity index (χ1n) is 5.57. The van der Waals surface area contributed by atoms with E-state index in [1.807, 2.05) is 24.3 Å². The number of anilines is 1. The van der Waals surface area contributed by atoms with Crippen molar-refractivity contribution < 1.29 is 9.53 Å². The van der Waals surface area contributed by atoms with Gasteiger partial charge in [0.25, 0.3) is 5.91 Å². The molecule has 98 valence electrons. The Morgan fingerprint density at radius 2 is 1.95 bits per heavy atom. The van der Waals surface area contributed by atoms with E-state index < -0.39 is 0 Å². The van der Waals surface area contributed by atoms with Gasteiger partial charge in [-0.3, -0.25) is 4.79 Å². The van der Waals surface area contributed by atoms with E-state index in [2.05, 4.69) is 27.9 Å². The number of carbonyl (C=O) groups excluding carboxylic acids is 1. The van der Waals surface area contributed by atoms with Crippen LogP contribution in [0.1, 0.15) is 0 Å². The topological polar surface area (TPSA) is 38.3 Å². The molecule has 0 atom stereocenters. The maximum absolute atomic E-state index is 11.7. The third-order valence-corrected chi connectivity index (χ3v) is 3.25. The molecule has 0 aliphatic rings. The first kappa shape index (κ1) is 14.1. The summed E-state index contributed by atoms with van der Waals surface area (Å²) >= 11 is 8.03. The zero-order valence-corrected chi connectivity index (χ0v) is 12.8. The molecule has 0 aromatic heterocycles. The average Bonchev–Trinajstić information content (AvgIpc) is 2.39. The summed E-state index contributed by atoms with van der Waals surface area (Å²) in [5.74, 6) is 0.367. The van der Waals surface area contributed by atoms with Crippen molar-refractivity contribution in [3.05, 3.63) is 57.1 Å². The summed E-state index contributed by atoms with van der Waals surface area (Å²) in [6.07, 6.45) is 0. The lowest BCUT2D eigenvalue weighted by Crippen LogP contribution is -2.20. The first-order chi connectivity index (χ1) is 9.13. The maximum Gasteiger partial charge on any atom is 0.262 e. The predicted octanol–water partition coefficient (Wildman–Crippen LogP) is 3.96. The van der Waals surface area contributed by atoms with Crippen LogP contribution in [0.5, 0.6) is 5.75 Å². The van der Waals surface area contributed by atoms with E-state index in [9.17, 15) is 4.79 Å². The van der Waals surface area contributed by atoms with Crippen LogP contribution >= 0.6 is 34.2 Å². The van der Waals surface area contributed by atoms with Gasteiger partial charge in [0.05, 0.1) is 0 Å². The lowest BCUT2D eigenvalue weighted by Gasteiger charge is -2.07. The standard InChI is InChI=1S/C14H11ClINO2/c15-10-2-1-3-13(8-10)19-9-14(18)17-12-6-4-11(16)5-7-12/h1-8H,9H2,(H,17,18). The van der Waals surface area contributed by atoms with Crippen molar-refractivity contribution in [3.8, 4) is 5.75 Å². The van der Waals surface area contributed by atoms with Crippen molar-refractivity contribution in [3.63, 3.8) is 0 Å². The van der Waals surface area contributed by atoms with Crippen LogP contribution in [0.3, 0.4) is 0 Å². The highest BCUT2D eigenvalue weighted by Gasteiger charge is 2.04. The number of carbonyl (C=O) groups is 1. The Kier molecular flexibility index (Phi) is 5.04. The number of benzene rings is 2. The summed E-state index contributed by atoms with van der Waals surface area (Å²) < 4.78 is 6.46. The van der Waals surface area contributed by atoms with Crippen LogP contribution in [0.25, 0.3) is 0 Å². The fourth-order valence-electron chi connectivity index (χ4n) is 1.44. The number of hydrogen-bond donors (Lipinski definition) is 1. The summed E-state index contributed by atoms with van der Waals surface area (Å²) in [5.41, 5.74) is 0.750. The molecule has 0 radical (unpaired) electrons. The van der Waals surface area contributed by atoms with Gasteiger partial charge in [0.2, 0.25) is 0 Å². The maximum atomic E-state index is 11.7. The molecule has 0 saturated carbocycles. The third kappa shape index (κ3) is 4.72. The van der Waals surface area contributed by atoms with Crippen LogP contribution in [-0.2, 0) is 4.79 Å². The molecule has 0 aliphatic carbocycles. The minimum Gasteiger partial charge on any atom is -0.484 e. The van der Waals surface area contributed by atoms with Gasteiger partial charge in [-0.05, 0) is 65.1 Å². The molecule has 2 aromatic rings. The Morgan fingerprint density at radius 1 is 1.21 bits per heavy atom. The first-order valence-corrected chi connectivity index (χ1v) is 7.03. The number of rotatable bonds is 4. The Morgan fingerprint density at radius 3 is 2.63 bits per heavy atom. The molecule has 5 heteroatoms. The van der Waals surface area contributed by atoms with E-state index in [1.165, 1.54) is 0 Å². The zero-order valence-electron chi connectivity index (χ0n) is 9.90. The minimum atomic E-state index is -0.207. The third-order valence-electron chi connectivity index (χ3n) is 2.29. The van der Waals surface area contributed by atoms with Crippen molar-refractivity contribution in [2.24, 2.45) is 0 Å². The molecule has 0 spiro atoms. The summed E-state index contributed by atoms with van der Waals surface area (Å²) in [5, 5.41) is 3.33. The van der Waals surface area contributed by atoms with Crippen molar-refractivity contribution in [1.29, 1.82) is 0 Å². The molecule has 0 unspecified atom stereocenters. The highest BCUT2D eigenvalue weighted by Crippen LogP contribution is 2.17. The SMILES string of the molecule is O=C(COc1cccc(Cl)c1)Nc1ccc(I)cc1. The van der Waals surface area contributed by atoms with Gasteiger partial charge < -0.3 is 10.1 Å². The summed E-state index contributed by atoms with van der Waals surface area (Å²) in [7, 11) is 0. The van der Waals surface area contributed by atoms with Gasteiger partial charge in [0.15, 0.2) is 6.61 Å². The van der Waals surface area contributed by atoms with Crippen LogP contribution in [0.4, 0.5) is 5.69 Å². The molecule has 0 heterocycles. The quantitative estimate of drug-likeness (QED) is 0.807. The molecule has 1 N–H and O–H groups in total. The van der Waals surface area contributed by atoms with Gasteiger partial charge in [0.1, 0.15) is 5.75 Å². The lowest BCUT2D eigenvalue weighted by molar-refractivity contribution is -0.118. The molecule has 2 rings (SSSR count). The van der Waals surface area contributed by atoms with Gasteiger partial charge in [-0.15, -0.1) is 0 Å². The molecular weight excluding hydrogens is 377 g/mol. The monoisotopic (exact) mass is 387 g/mol. The van der Waals surface area contributed by atoms with Crippen molar-refractivity contribution in [1.82, 2.24) is 0 Å². The van der Waals surface area contributed by atoms with Gasteiger partial charge >= 0.3 is 0 Å². The van der Waals surface area contributed by atoms with E-state index in [0.29, 0.717) is 10.8 Å². The molecule has 1 amide bonds. The summed E-state index contributed by atoms with van der Waals surface area (Å²) in [6.45, 7) is -0.0493. The number of nitrogens with one attached hydrogen (secondary N) is 1. The van der Waals surface area contributed by atoms with E-state index in [1.54, 1.807) is 24.3 Å². The van der Waals surface area contributed by atoms with Gasteiger partial charge in [-0.1, -0.05) is 17.7 Å². The molecule has 0 aliphatic heterocycles. The zero-order chi connectivity index (χ0) is 13.7.